The van der Waals surface area contributed by atoms with Crippen LogP contribution in [0, 0.1) is 5.92 Å². The molecule has 1 unspecified atom stereocenters. The predicted molar refractivity (Wildman–Crippen MR) is 65.5 cm³/mol. The van der Waals surface area contributed by atoms with E-state index in [2.05, 4.69) is 18.7 Å². The van der Waals surface area contributed by atoms with Crippen LogP contribution in [-0.4, -0.2) is 35.1 Å². The lowest BCUT2D eigenvalue weighted by molar-refractivity contribution is -0.144. The zero-order valence-corrected chi connectivity index (χ0v) is 10.6. The lowest BCUT2D eigenvalue weighted by Gasteiger charge is -2.37. The van der Waals surface area contributed by atoms with Crippen molar-refractivity contribution >= 4 is 5.97 Å². The van der Waals surface area contributed by atoms with Gasteiger partial charge in [0.05, 0.1) is 5.92 Å². The predicted octanol–water partition coefficient (Wildman–Crippen LogP) is 2.75. The van der Waals surface area contributed by atoms with Crippen LogP contribution in [0.1, 0.15) is 52.4 Å². The normalized spacial score (nSPS) is 22.6. The molecule has 0 aromatic heterocycles. The average molecular weight is 227 g/mol. The molecule has 1 heterocycles. The van der Waals surface area contributed by atoms with Gasteiger partial charge in [-0.2, -0.15) is 0 Å². The van der Waals surface area contributed by atoms with E-state index in [9.17, 15) is 4.79 Å². The van der Waals surface area contributed by atoms with Gasteiger partial charge >= 0.3 is 5.97 Å². The van der Waals surface area contributed by atoms with Crippen LogP contribution in [0.4, 0.5) is 0 Å². The Morgan fingerprint density at radius 3 is 2.50 bits per heavy atom. The third-order valence-corrected chi connectivity index (χ3v) is 3.56. The molecule has 1 saturated heterocycles. The summed E-state index contributed by atoms with van der Waals surface area (Å²) in [7, 11) is 0. The first-order valence-corrected chi connectivity index (χ1v) is 6.65. The fourth-order valence-electron chi connectivity index (χ4n) is 2.72. The maximum atomic E-state index is 11.0. The monoisotopic (exact) mass is 227 g/mol. The van der Waals surface area contributed by atoms with E-state index < -0.39 is 5.97 Å². The highest BCUT2D eigenvalue weighted by molar-refractivity contribution is 5.70. The number of likely N-dealkylation sites (tertiary alicyclic amines) is 1. The molecule has 0 saturated carbocycles. The van der Waals surface area contributed by atoms with Crippen LogP contribution < -0.4 is 0 Å². The van der Waals surface area contributed by atoms with Crippen LogP contribution >= 0.6 is 0 Å². The highest BCUT2D eigenvalue weighted by Gasteiger charge is 2.28. The smallest absolute Gasteiger partial charge is 0.307 e. The van der Waals surface area contributed by atoms with Gasteiger partial charge in [0.2, 0.25) is 0 Å². The number of carboxylic acids is 1. The number of carboxylic acid groups (broad SMARTS) is 1. The SMILES string of the molecule is CCCC(CCC)N1CCCC(C(=O)O)C1. The number of hydrogen-bond acceptors (Lipinski definition) is 2. The van der Waals surface area contributed by atoms with Crippen LogP contribution in [0.3, 0.4) is 0 Å². The van der Waals surface area contributed by atoms with E-state index in [-0.39, 0.29) is 5.92 Å². The summed E-state index contributed by atoms with van der Waals surface area (Å²) in [5, 5.41) is 9.07. The molecule has 3 heteroatoms. The third kappa shape index (κ3) is 3.78. The molecular weight excluding hydrogens is 202 g/mol. The molecular formula is C13H25NO2. The van der Waals surface area contributed by atoms with Gasteiger partial charge in [-0.05, 0) is 32.2 Å². The number of aliphatic carboxylic acids is 1. The van der Waals surface area contributed by atoms with E-state index >= 15 is 0 Å². The van der Waals surface area contributed by atoms with Crippen LogP contribution in [0.25, 0.3) is 0 Å². The minimum Gasteiger partial charge on any atom is -0.481 e. The Morgan fingerprint density at radius 2 is 2.00 bits per heavy atom. The summed E-state index contributed by atoms with van der Waals surface area (Å²) in [5.41, 5.74) is 0. The highest BCUT2D eigenvalue weighted by Crippen LogP contribution is 2.22. The van der Waals surface area contributed by atoms with Crippen molar-refractivity contribution in [1.82, 2.24) is 4.90 Å². The molecule has 0 aliphatic carbocycles. The van der Waals surface area contributed by atoms with Crippen molar-refractivity contribution in [1.29, 1.82) is 0 Å². The van der Waals surface area contributed by atoms with E-state index in [4.69, 9.17) is 5.11 Å². The minimum atomic E-state index is -0.614. The summed E-state index contributed by atoms with van der Waals surface area (Å²) < 4.78 is 0. The molecule has 1 atom stereocenters. The number of hydrogen-bond donors (Lipinski definition) is 1. The molecule has 0 aromatic carbocycles. The Morgan fingerprint density at radius 1 is 1.38 bits per heavy atom. The molecule has 1 rings (SSSR count). The van der Waals surface area contributed by atoms with Gasteiger partial charge in [-0.15, -0.1) is 0 Å². The van der Waals surface area contributed by atoms with Gasteiger partial charge in [0.1, 0.15) is 0 Å². The number of rotatable bonds is 6. The molecule has 0 spiro atoms. The maximum absolute atomic E-state index is 11.0. The Hall–Kier alpha value is -0.570. The Balaban J connectivity index is 2.51. The maximum Gasteiger partial charge on any atom is 0.307 e. The standard InChI is InChI=1S/C13H25NO2/c1-3-6-12(7-4-2)14-9-5-8-11(10-14)13(15)16/h11-12H,3-10H2,1-2H3,(H,15,16). The van der Waals surface area contributed by atoms with Crippen molar-refractivity contribution in [2.75, 3.05) is 13.1 Å². The number of piperidine rings is 1. The fraction of sp³-hybridized carbons (Fsp3) is 0.923. The molecule has 16 heavy (non-hydrogen) atoms. The second kappa shape index (κ2) is 6.89. The molecule has 0 bridgehead atoms. The first-order chi connectivity index (χ1) is 7.69. The summed E-state index contributed by atoms with van der Waals surface area (Å²) in [4.78, 5) is 13.4. The van der Waals surface area contributed by atoms with Crippen molar-refractivity contribution in [2.45, 2.75) is 58.4 Å². The van der Waals surface area contributed by atoms with Crippen LogP contribution in [-0.2, 0) is 4.79 Å². The Bertz CT molecular complexity index is 212. The van der Waals surface area contributed by atoms with Crippen LogP contribution in [0.15, 0.2) is 0 Å². The summed E-state index contributed by atoms with van der Waals surface area (Å²) in [6, 6.07) is 0.608. The Labute approximate surface area is 98.8 Å². The molecule has 1 N–H and O–H groups in total. The molecule has 1 aliphatic rings. The van der Waals surface area contributed by atoms with Gasteiger partial charge in [0.15, 0.2) is 0 Å². The van der Waals surface area contributed by atoms with Gasteiger partial charge in [-0.25, -0.2) is 0 Å². The molecule has 0 aromatic rings. The molecule has 3 nitrogen and oxygen atoms in total. The van der Waals surface area contributed by atoms with Crippen LogP contribution in [0.5, 0.6) is 0 Å². The largest absolute Gasteiger partial charge is 0.481 e. The van der Waals surface area contributed by atoms with Gasteiger partial charge in [-0.1, -0.05) is 26.7 Å². The lowest BCUT2D eigenvalue weighted by Crippen LogP contribution is -2.44. The van der Waals surface area contributed by atoms with Crippen molar-refractivity contribution in [3.8, 4) is 0 Å². The summed E-state index contributed by atoms with van der Waals surface area (Å²) in [6.07, 6.45) is 6.70. The average Bonchev–Trinajstić information content (AvgIpc) is 2.29. The topological polar surface area (TPSA) is 40.5 Å². The van der Waals surface area contributed by atoms with E-state index in [0.29, 0.717) is 6.04 Å². The van der Waals surface area contributed by atoms with E-state index in [1.54, 1.807) is 0 Å². The Kier molecular flexibility index (Phi) is 5.81. The number of carbonyl (C=O) groups is 1. The molecule has 94 valence electrons. The number of nitrogens with zero attached hydrogens (tertiary/aromatic N) is 1. The second-order valence-corrected chi connectivity index (χ2v) is 4.90. The minimum absolute atomic E-state index is 0.134. The zero-order valence-electron chi connectivity index (χ0n) is 10.6. The van der Waals surface area contributed by atoms with Gasteiger partial charge in [0.25, 0.3) is 0 Å². The second-order valence-electron chi connectivity index (χ2n) is 4.90. The van der Waals surface area contributed by atoms with Crippen molar-refractivity contribution in [2.24, 2.45) is 5.92 Å². The first-order valence-electron chi connectivity index (χ1n) is 6.65. The van der Waals surface area contributed by atoms with Crippen molar-refractivity contribution < 1.29 is 9.90 Å². The first kappa shape index (κ1) is 13.5. The van der Waals surface area contributed by atoms with Crippen LogP contribution in [0.2, 0.25) is 0 Å². The van der Waals surface area contributed by atoms with E-state index in [1.807, 2.05) is 0 Å². The van der Waals surface area contributed by atoms with Gasteiger partial charge in [-0.3, -0.25) is 9.69 Å². The van der Waals surface area contributed by atoms with Crippen molar-refractivity contribution in [3.63, 3.8) is 0 Å². The molecule has 0 amide bonds. The quantitative estimate of drug-likeness (QED) is 0.758. The van der Waals surface area contributed by atoms with Crippen molar-refractivity contribution in [3.05, 3.63) is 0 Å². The molecule has 1 fully saturated rings. The highest BCUT2D eigenvalue weighted by atomic mass is 16.4. The summed E-state index contributed by atoms with van der Waals surface area (Å²) in [6.45, 7) is 6.27. The lowest BCUT2D eigenvalue weighted by atomic mass is 9.94. The summed E-state index contributed by atoms with van der Waals surface area (Å²) in [5.74, 6) is -0.749. The summed E-state index contributed by atoms with van der Waals surface area (Å²) >= 11 is 0. The zero-order chi connectivity index (χ0) is 12.0. The van der Waals surface area contributed by atoms with Gasteiger partial charge in [0, 0.05) is 12.6 Å². The fourth-order valence-corrected chi connectivity index (χ4v) is 2.72. The third-order valence-electron chi connectivity index (χ3n) is 3.56. The van der Waals surface area contributed by atoms with E-state index in [0.717, 1.165) is 25.9 Å². The van der Waals surface area contributed by atoms with Gasteiger partial charge < -0.3 is 5.11 Å². The van der Waals surface area contributed by atoms with E-state index in [1.165, 1.54) is 25.7 Å². The molecule has 0 radical (unpaired) electrons. The molecule has 1 aliphatic heterocycles.